The van der Waals surface area contributed by atoms with E-state index in [1.807, 2.05) is 47.6 Å². The summed E-state index contributed by atoms with van der Waals surface area (Å²) < 4.78 is 27.0. The number of halogens is 1. The molecule has 4 rings (SSSR count). The van der Waals surface area contributed by atoms with Crippen LogP contribution in [0.5, 0.6) is 0 Å². The number of pyridine rings is 1. The molecule has 0 saturated carbocycles. The zero-order chi connectivity index (χ0) is 22.6. The number of carbonyl (C=O) groups is 1. The van der Waals surface area contributed by atoms with Crippen LogP contribution in [0.4, 0.5) is 10.2 Å². The summed E-state index contributed by atoms with van der Waals surface area (Å²) in [7, 11) is -0.743. The molecule has 31 heavy (non-hydrogen) atoms. The van der Waals surface area contributed by atoms with Crippen LogP contribution in [0.2, 0.25) is 0 Å². The number of fused-ring (bicyclic) bond motifs is 1. The van der Waals surface area contributed by atoms with E-state index in [0.717, 1.165) is 11.1 Å². The predicted molar refractivity (Wildman–Crippen MR) is 119 cm³/mol. The lowest BCUT2D eigenvalue weighted by molar-refractivity contribution is 0.00578. The van der Waals surface area contributed by atoms with Crippen LogP contribution in [-0.2, 0) is 15.9 Å². The number of aromatic nitrogens is 1. The zero-order valence-corrected chi connectivity index (χ0v) is 19.0. The van der Waals surface area contributed by atoms with Crippen molar-refractivity contribution >= 4 is 24.3 Å². The summed E-state index contributed by atoms with van der Waals surface area (Å²) in [6.07, 6.45) is 1.63. The number of benzene rings is 1. The zero-order valence-electron chi connectivity index (χ0n) is 19.0. The van der Waals surface area contributed by atoms with E-state index in [-0.39, 0.29) is 17.8 Å². The largest absolute Gasteiger partial charge is 0.497 e. The first-order valence-electron chi connectivity index (χ1n) is 10.7. The molecule has 0 spiro atoms. The molecule has 8 heteroatoms. The smallest absolute Gasteiger partial charge is 0.399 e. The first kappa shape index (κ1) is 21.8. The minimum Gasteiger partial charge on any atom is -0.399 e. The van der Waals surface area contributed by atoms with Gasteiger partial charge in [-0.2, -0.15) is 0 Å². The molecule has 0 radical (unpaired) electrons. The van der Waals surface area contributed by atoms with Gasteiger partial charge in [-0.3, -0.25) is 4.79 Å². The van der Waals surface area contributed by atoms with Gasteiger partial charge in [0, 0.05) is 29.3 Å². The second-order valence-corrected chi connectivity index (χ2v) is 9.24. The monoisotopic (exact) mass is 425 g/mol. The highest BCUT2D eigenvalue weighted by Crippen LogP contribution is 2.37. The van der Waals surface area contributed by atoms with Gasteiger partial charge in [-0.1, -0.05) is 12.1 Å². The molecular weight excluding hydrogens is 396 g/mol. The van der Waals surface area contributed by atoms with Gasteiger partial charge in [-0.25, -0.2) is 9.37 Å². The Hall–Kier alpha value is -2.45. The third kappa shape index (κ3) is 3.72. The Labute approximate surface area is 183 Å². The van der Waals surface area contributed by atoms with Crippen LogP contribution >= 0.6 is 0 Å². The van der Waals surface area contributed by atoms with Crippen molar-refractivity contribution in [3.63, 3.8) is 0 Å². The quantitative estimate of drug-likeness (QED) is 0.741. The highest BCUT2D eigenvalue weighted by atomic mass is 19.1. The Balaban J connectivity index is 1.54. The van der Waals surface area contributed by atoms with Crippen LogP contribution in [0.3, 0.4) is 0 Å². The normalized spacial score (nSPS) is 20.2. The van der Waals surface area contributed by atoms with E-state index in [0.29, 0.717) is 29.9 Å². The fourth-order valence-corrected chi connectivity index (χ4v) is 3.93. The van der Waals surface area contributed by atoms with Crippen molar-refractivity contribution in [2.24, 2.45) is 0 Å². The van der Waals surface area contributed by atoms with E-state index in [2.05, 4.69) is 10.3 Å². The van der Waals surface area contributed by atoms with E-state index in [9.17, 15) is 4.79 Å². The number of hydrogen-bond acceptors (Lipinski definition) is 5. The summed E-state index contributed by atoms with van der Waals surface area (Å²) in [6, 6.07) is 6.64. The molecule has 1 fully saturated rings. The number of anilines is 1. The maximum Gasteiger partial charge on any atom is 0.497 e. The van der Waals surface area contributed by atoms with Gasteiger partial charge in [0.1, 0.15) is 11.6 Å². The van der Waals surface area contributed by atoms with Crippen molar-refractivity contribution in [3.8, 4) is 0 Å². The standard InChI is InChI=1S/C23H29BFN3O3/c1-7-28-13-17-16(21(28)29)10-11-26-20(17)27-14(2)15-8-9-18(19(25)12-15)24-30-22(3,4)23(5,6)31-24/h8-12,14H,7,13H2,1-6H3,(H,26,27)/t14-/m0/s1. The maximum absolute atomic E-state index is 15.0. The number of nitrogens with one attached hydrogen (secondary N) is 1. The molecule has 1 amide bonds. The average Bonchev–Trinajstić information content (AvgIpc) is 3.14. The molecule has 0 unspecified atom stereocenters. The van der Waals surface area contributed by atoms with Gasteiger partial charge in [-0.05, 0) is 59.2 Å². The summed E-state index contributed by atoms with van der Waals surface area (Å²) in [5.74, 6) is 0.307. The lowest BCUT2D eigenvalue weighted by Crippen LogP contribution is -2.41. The Morgan fingerprint density at radius 1 is 1.23 bits per heavy atom. The van der Waals surface area contributed by atoms with Gasteiger partial charge >= 0.3 is 7.12 Å². The second kappa shape index (κ2) is 7.60. The number of rotatable bonds is 5. The third-order valence-corrected chi connectivity index (χ3v) is 6.69. The molecule has 1 atom stereocenters. The molecule has 3 heterocycles. The Bertz CT molecular complexity index is 1010. The third-order valence-electron chi connectivity index (χ3n) is 6.69. The van der Waals surface area contributed by atoms with E-state index >= 15 is 4.39 Å². The number of nitrogens with zero attached hydrogens (tertiary/aromatic N) is 2. The SMILES string of the molecule is CCN1Cc2c(ccnc2N[C@@H](C)c2ccc(B3OC(C)(C)C(C)(C)O3)c(F)c2)C1=O. The van der Waals surface area contributed by atoms with Crippen molar-refractivity contribution in [2.75, 3.05) is 11.9 Å². The topological polar surface area (TPSA) is 63.7 Å². The van der Waals surface area contributed by atoms with E-state index in [1.54, 1.807) is 23.2 Å². The van der Waals surface area contributed by atoms with Gasteiger partial charge in [0.2, 0.25) is 0 Å². The van der Waals surface area contributed by atoms with Gasteiger partial charge in [-0.15, -0.1) is 0 Å². The molecule has 1 aromatic heterocycles. The van der Waals surface area contributed by atoms with Crippen LogP contribution in [0.15, 0.2) is 30.5 Å². The van der Waals surface area contributed by atoms with Crippen molar-refractivity contribution in [3.05, 3.63) is 53.0 Å². The molecule has 1 saturated heterocycles. The molecule has 2 aliphatic heterocycles. The van der Waals surface area contributed by atoms with Crippen LogP contribution in [-0.4, -0.2) is 40.7 Å². The summed E-state index contributed by atoms with van der Waals surface area (Å²) in [5.41, 5.74) is 1.66. The fourth-order valence-electron chi connectivity index (χ4n) is 3.93. The lowest BCUT2D eigenvalue weighted by atomic mass is 9.78. The minimum atomic E-state index is -0.743. The summed E-state index contributed by atoms with van der Waals surface area (Å²) in [6.45, 7) is 12.9. The molecule has 2 aliphatic rings. The predicted octanol–water partition coefficient (Wildman–Crippen LogP) is 3.67. The highest BCUT2D eigenvalue weighted by Gasteiger charge is 2.52. The molecular formula is C23H29BFN3O3. The first-order chi connectivity index (χ1) is 14.5. The first-order valence-corrected chi connectivity index (χ1v) is 10.7. The Kier molecular flexibility index (Phi) is 5.34. The Morgan fingerprint density at radius 3 is 2.52 bits per heavy atom. The maximum atomic E-state index is 15.0. The second-order valence-electron chi connectivity index (χ2n) is 9.24. The molecule has 1 N–H and O–H groups in total. The van der Waals surface area contributed by atoms with E-state index in [1.165, 1.54) is 6.07 Å². The molecule has 6 nitrogen and oxygen atoms in total. The lowest BCUT2D eigenvalue weighted by Gasteiger charge is -2.32. The van der Waals surface area contributed by atoms with Crippen molar-refractivity contribution in [1.29, 1.82) is 0 Å². The number of hydrogen-bond donors (Lipinski definition) is 1. The fraction of sp³-hybridized carbons (Fsp3) is 0.478. The van der Waals surface area contributed by atoms with Crippen LogP contribution in [0.25, 0.3) is 0 Å². The van der Waals surface area contributed by atoms with E-state index in [4.69, 9.17) is 9.31 Å². The van der Waals surface area contributed by atoms with Crippen molar-refractivity contribution in [2.45, 2.75) is 65.3 Å². The minimum absolute atomic E-state index is 0.0217. The number of amides is 1. The molecule has 2 aromatic rings. The molecule has 1 aromatic carbocycles. The van der Waals surface area contributed by atoms with Gasteiger partial charge in [0.15, 0.2) is 0 Å². The van der Waals surface area contributed by atoms with Crippen molar-refractivity contribution in [1.82, 2.24) is 9.88 Å². The van der Waals surface area contributed by atoms with Crippen LogP contribution < -0.4 is 10.8 Å². The number of carbonyl (C=O) groups excluding carboxylic acids is 1. The molecule has 0 aliphatic carbocycles. The Morgan fingerprint density at radius 2 is 1.90 bits per heavy atom. The summed E-state index contributed by atoms with van der Waals surface area (Å²) in [4.78, 5) is 18.6. The summed E-state index contributed by atoms with van der Waals surface area (Å²) in [5, 5.41) is 3.35. The van der Waals surface area contributed by atoms with Gasteiger partial charge in [0.05, 0.1) is 23.8 Å². The van der Waals surface area contributed by atoms with Gasteiger partial charge in [0.25, 0.3) is 5.91 Å². The summed E-state index contributed by atoms with van der Waals surface area (Å²) >= 11 is 0. The van der Waals surface area contributed by atoms with Crippen molar-refractivity contribution < 1.29 is 18.5 Å². The van der Waals surface area contributed by atoms with Gasteiger partial charge < -0.3 is 19.5 Å². The van der Waals surface area contributed by atoms with Crippen LogP contribution in [0.1, 0.15) is 69.1 Å². The van der Waals surface area contributed by atoms with E-state index < -0.39 is 18.3 Å². The highest BCUT2D eigenvalue weighted by molar-refractivity contribution is 6.62. The van der Waals surface area contributed by atoms with Crippen LogP contribution in [0, 0.1) is 5.82 Å². The molecule has 164 valence electrons. The molecule has 0 bridgehead atoms. The average molecular weight is 425 g/mol.